The number of hydrogen-bond acceptors (Lipinski definition) is 3. The topological polar surface area (TPSA) is 29.5 Å². The average Bonchev–Trinajstić information content (AvgIpc) is 2.08. The third-order valence-electron chi connectivity index (χ3n) is 2.74. The van der Waals surface area contributed by atoms with Gasteiger partial charge in [-0.1, -0.05) is 0 Å². The second-order valence-corrected chi connectivity index (χ2v) is 3.57. The molecule has 1 rings (SSSR count). The molecular weight excluding hydrogens is 154 g/mol. The van der Waals surface area contributed by atoms with Crippen LogP contribution < -0.4 is 0 Å². The highest BCUT2D eigenvalue weighted by Crippen LogP contribution is 2.22. The van der Waals surface area contributed by atoms with Gasteiger partial charge in [0.05, 0.1) is 13.0 Å². The van der Waals surface area contributed by atoms with Crippen LogP contribution in [0.5, 0.6) is 0 Å². The molecule has 12 heavy (non-hydrogen) atoms. The highest BCUT2D eigenvalue weighted by atomic mass is 16.5. The van der Waals surface area contributed by atoms with Crippen molar-refractivity contribution >= 4 is 5.97 Å². The number of nitrogens with zero attached hydrogens (tertiary/aromatic N) is 1. The fourth-order valence-electron chi connectivity index (χ4n) is 1.67. The molecule has 0 aliphatic carbocycles. The molecule has 0 radical (unpaired) electrons. The van der Waals surface area contributed by atoms with E-state index in [0.717, 1.165) is 19.4 Å². The summed E-state index contributed by atoms with van der Waals surface area (Å²) in [7, 11) is 3.56. The van der Waals surface area contributed by atoms with Crippen molar-refractivity contribution in [3.05, 3.63) is 0 Å². The summed E-state index contributed by atoms with van der Waals surface area (Å²) in [4.78, 5) is 13.5. The molecule has 1 aliphatic heterocycles. The van der Waals surface area contributed by atoms with Gasteiger partial charge in [-0.25, -0.2) is 0 Å². The van der Waals surface area contributed by atoms with Crippen LogP contribution in [0.1, 0.15) is 19.8 Å². The first kappa shape index (κ1) is 9.52. The zero-order valence-electron chi connectivity index (χ0n) is 8.04. The number of ether oxygens (including phenoxy) is 1. The summed E-state index contributed by atoms with van der Waals surface area (Å²) in [5, 5.41) is 0. The van der Waals surface area contributed by atoms with E-state index in [1.807, 2.05) is 0 Å². The van der Waals surface area contributed by atoms with Crippen LogP contribution in [0.2, 0.25) is 0 Å². The standard InChI is InChI=1S/C9H17NO2/c1-7-6-8(9(11)12-3)4-5-10(7)2/h7-8H,4-6H2,1-3H3. The summed E-state index contributed by atoms with van der Waals surface area (Å²) in [5.41, 5.74) is 0. The van der Waals surface area contributed by atoms with E-state index in [4.69, 9.17) is 4.74 Å². The van der Waals surface area contributed by atoms with E-state index in [0.29, 0.717) is 6.04 Å². The molecule has 0 aromatic heterocycles. The fourth-order valence-corrected chi connectivity index (χ4v) is 1.67. The zero-order chi connectivity index (χ0) is 9.14. The highest BCUT2D eigenvalue weighted by Gasteiger charge is 2.28. The molecule has 2 atom stereocenters. The summed E-state index contributed by atoms with van der Waals surface area (Å²) >= 11 is 0. The molecule has 1 heterocycles. The van der Waals surface area contributed by atoms with Crippen LogP contribution in [0, 0.1) is 5.92 Å². The van der Waals surface area contributed by atoms with Crippen molar-refractivity contribution in [3.8, 4) is 0 Å². The van der Waals surface area contributed by atoms with Crippen molar-refractivity contribution in [1.82, 2.24) is 4.90 Å². The Morgan fingerprint density at radius 1 is 1.58 bits per heavy atom. The summed E-state index contributed by atoms with van der Waals surface area (Å²) in [6.45, 7) is 3.15. The molecule has 0 aromatic carbocycles. The van der Waals surface area contributed by atoms with Crippen molar-refractivity contribution in [1.29, 1.82) is 0 Å². The predicted octanol–water partition coefficient (Wildman–Crippen LogP) is 0.890. The number of esters is 1. The molecule has 0 amide bonds. The summed E-state index contributed by atoms with van der Waals surface area (Å²) in [6.07, 6.45) is 1.87. The van der Waals surface area contributed by atoms with Gasteiger partial charge in [0.15, 0.2) is 0 Å². The maximum Gasteiger partial charge on any atom is 0.308 e. The smallest absolute Gasteiger partial charge is 0.308 e. The minimum absolute atomic E-state index is 0.0463. The lowest BCUT2D eigenvalue weighted by Crippen LogP contribution is -2.40. The number of carbonyl (C=O) groups excluding carboxylic acids is 1. The van der Waals surface area contributed by atoms with Crippen molar-refractivity contribution < 1.29 is 9.53 Å². The third kappa shape index (κ3) is 1.97. The van der Waals surface area contributed by atoms with E-state index >= 15 is 0 Å². The molecule has 0 spiro atoms. The third-order valence-corrected chi connectivity index (χ3v) is 2.74. The van der Waals surface area contributed by atoms with Gasteiger partial charge in [0.1, 0.15) is 0 Å². The van der Waals surface area contributed by atoms with Crippen LogP contribution in [0.15, 0.2) is 0 Å². The van der Waals surface area contributed by atoms with Crippen molar-refractivity contribution in [2.24, 2.45) is 5.92 Å². The van der Waals surface area contributed by atoms with E-state index in [1.165, 1.54) is 7.11 Å². The molecule has 2 unspecified atom stereocenters. The number of carbonyl (C=O) groups is 1. The molecule has 0 N–H and O–H groups in total. The van der Waals surface area contributed by atoms with Gasteiger partial charge >= 0.3 is 5.97 Å². The monoisotopic (exact) mass is 171 g/mol. The van der Waals surface area contributed by atoms with Crippen molar-refractivity contribution in [2.75, 3.05) is 20.7 Å². The van der Waals surface area contributed by atoms with Crippen LogP contribution in [-0.2, 0) is 9.53 Å². The van der Waals surface area contributed by atoms with Gasteiger partial charge in [0.25, 0.3) is 0 Å². The first-order chi connectivity index (χ1) is 5.65. The lowest BCUT2D eigenvalue weighted by molar-refractivity contribution is -0.147. The molecule has 3 nitrogen and oxygen atoms in total. The van der Waals surface area contributed by atoms with Gasteiger partial charge in [-0.3, -0.25) is 4.79 Å². The number of likely N-dealkylation sites (tertiary alicyclic amines) is 1. The van der Waals surface area contributed by atoms with Crippen LogP contribution in [-0.4, -0.2) is 37.6 Å². The van der Waals surface area contributed by atoms with Gasteiger partial charge in [-0.15, -0.1) is 0 Å². The van der Waals surface area contributed by atoms with Crippen LogP contribution in [0.4, 0.5) is 0 Å². The van der Waals surface area contributed by atoms with Crippen molar-refractivity contribution in [3.63, 3.8) is 0 Å². The summed E-state index contributed by atoms with van der Waals surface area (Å²) in [6, 6.07) is 0.503. The Morgan fingerprint density at radius 2 is 2.25 bits per heavy atom. The van der Waals surface area contributed by atoms with E-state index in [-0.39, 0.29) is 11.9 Å². The molecule has 0 bridgehead atoms. The fraction of sp³-hybridized carbons (Fsp3) is 0.889. The lowest BCUT2D eigenvalue weighted by Gasteiger charge is -2.33. The van der Waals surface area contributed by atoms with Gasteiger partial charge in [0, 0.05) is 6.04 Å². The SMILES string of the molecule is COC(=O)C1CCN(C)C(C)C1. The second-order valence-electron chi connectivity index (χ2n) is 3.57. The molecular formula is C9H17NO2. The molecule has 3 heteroatoms. The zero-order valence-corrected chi connectivity index (χ0v) is 8.04. The van der Waals surface area contributed by atoms with Crippen LogP contribution in [0.3, 0.4) is 0 Å². The Balaban J connectivity index is 2.45. The molecule has 1 aliphatic rings. The van der Waals surface area contributed by atoms with E-state index in [2.05, 4.69) is 18.9 Å². The van der Waals surface area contributed by atoms with Crippen LogP contribution >= 0.6 is 0 Å². The number of piperidine rings is 1. The van der Waals surface area contributed by atoms with E-state index < -0.39 is 0 Å². The first-order valence-corrected chi connectivity index (χ1v) is 4.43. The van der Waals surface area contributed by atoms with Crippen LogP contribution in [0.25, 0.3) is 0 Å². The summed E-state index contributed by atoms with van der Waals surface area (Å²) < 4.78 is 4.72. The maximum atomic E-state index is 11.2. The van der Waals surface area contributed by atoms with E-state index in [9.17, 15) is 4.79 Å². The second kappa shape index (κ2) is 3.90. The first-order valence-electron chi connectivity index (χ1n) is 4.43. The largest absolute Gasteiger partial charge is 0.469 e. The Bertz CT molecular complexity index is 170. The molecule has 0 aromatic rings. The molecule has 0 saturated carbocycles. The Hall–Kier alpha value is -0.570. The quantitative estimate of drug-likeness (QED) is 0.549. The highest BCUT2D eigenvalue weighted by molar-refractivity contribution is 5.72. The number of hydrogen-bond donors (Lipinski definition) is 0. The minimum atomic E-state index is -0.0463. The van der Waals surface area contributed by atoms with Crippen molar-refractivity contribution in [2.45, 2.75) is 25.8 Å². The van der Waals surface area contributed by atoms with Gasteiger partial charge in [-0.2, -0.15) is 0 Å². The Morgan fingerprint density at radius 3 is 2.75 bits per heavy atom. The Kier molecular flexibility index (Phi) is 3.09. The molecule has 1 saturated heterocycles. The average molecular weight is 171 g/mol. The number of methoxy groups -OCH3 is 1. The molecule has 1 fully saturated rings. The molecule has 70 valence electrons. The van der Waals surface area contributed by atoms with Gasteiger partial charge in [-0.05, 0) is 33.4 Å². The Labute approximate surface area is 73.7 Å². The summed E-state index contributed by atoms with van der Waals surface area (Å²) in [5.74, 6) is 0.0798. The lowest BCUT2D eigenvalue weighted by atomic mass is 9.92. The maximum absolute atomic E-state index is 11.2. The van der Waals surface area contributed by atoms with E-state index in [1.54, 1.807) is 0 Å². The van der Waals surface area contributed by atoms with Gasteiger partial charge in [0.2, 0.25) is 0 Å². The van der Waals surface area contributed by atoms with Gasteiger partial charge < -0.3 is 9.64 Å². The predicted molar refractivity (Wildman–Crippen MR) is 46.8 cm³/mol. The minimum Gasteiger partial charge on any atom is -0.469 e. The normalized spacial score (nSPS) is 31.6. The number of rotatable bonds is 1.